The Hall–Kier alpha value is -1.66. The molecule has 0 saturated carbocycles. The van der Waals surface area contributed by atoms with Gasteiger partial charge in [-0.15, -0.1) is 12.4 Å². The van der Waals surface area contributed by atoms with Crippen molar-refractivity contribution in [3.63, 3.8) is 0 Å². The molecule has 1 aliphatic rings. The third kappa shape index (κ3) is 4.92. The summed E-state index contributed by atoms with van der Waals surface area (Å²) in [5.41, 5.74) is 0.716. The minimum absolute atomic E-state index is 0. The molecule has 1 fully saturated rings. The summed E-state index contributed by atoms with van der Waals surface area (Å²) in [7, 11) is 0. The third-order valence-corrected chi connectivity index (χ3v) is 4.19. The summed E-state index contributed by atoms with van der Waals surface area (Å²) in [5, 5.41) is 17.6. The van der Waals surface area contributed by atoms with Crippen molar-refractivity contribution in [2.45, 2.75) is 64.6 Å². The van der Waals surface area contributed by atoms with Crippen molar-refractivity contribution in [3.8, 4) is 0 Å². The summed E-state index contributed by atoms with van der Waals surface area (Å²) >= 11 is 0. The summed E-state index contributed by atoms with van der Waals surface area (Å²) in [6, 6.07) is 4.63. The van der Waals surface area contributed by atoms with Gasteiger partial charge in [0.15, 0.2) is 0 Å². The molecule has 134 valence electrons. The van der Waals surface area contributed by atoms with Crippen molar-refractivity contribution in [2.75, 3.05) is 0 Å². The van der Waals surface area contributed by atoms with Crippen LogP contribution in [0.5, 0.6) is 0 Å². The van der Waals surface area contributed by atoms with E-state index in [9.17, 15) is 14.9 Å². The summed E-state index contributed by atoms with van der Waals surface area (Å²) in [6.07, 6.45) is 1.63. The maximum atomic E-state index is 12.5. The van der Waals surface area contributed by atoms with Crippen LogP contribution < -0.4 is 10.6 Å². The molecule has 0 aliphatic carbocycles. The lowest BCUT2D eigenvalue weighted by molar-refractivity contribution is -0.385. The second-order valence-electron chi connectivity index (χ2n) is 7.73. The lowest BCUT2D eigenvalue weighted by Crippen LogP contribution is -2.62. The largest absolute Gasteiger partial charge is 0.349 e. The van der Waals surface area contributed by atoms with Crippen molar-refractivity contribution < 1.29 is 9.72 Å². The van der Waals surface area contributed by atoms with E-state index in [4.69, 9.17) is 0 Å². The number of nitrogens with zero attached hydrogens (tertiary/aromatic N) is 1. The molecule has 6 nitrogen and oxygen atoms in total. The number of rotatable bonds is 3. The van der Waals surface area contributed by atoms with Gasteiger partial charge < -0.3 is 10.6 Å². The van der Waals surface area contributed by atoms with Crippen LogP contribution in [-0.2, 0) is 0 Å². The monoisotopic (exact) mass is 355 g/mol. The van der Waals surface area contributed by atoms with Gasteiger partial charge in [0, 0.05) is 34.3 Å². The number of carbonyl (C=O) groups excluding carboxylic acids is 1. The molecule has 2 rings (SSSR count). The highest BCUT2D eigenvalue weighted by molar-refractivity contribution is 5.95. The molecule has 2 N–H and O–H groups in total. The molecule has 1 aliphatic heterocycles. The molecule has 1 aromatic carbocycles. The highest BCUT2D eigenvalue weighted by Crippen LogP contribution is 2.29. The molecule has 0 radical (unpaired) electrons. The molecule has 1 heterocycles. The lowest BCUT2D eigenvalue weighted by Gasteiger charge is -2.46. The second-order valence-corrected chi connectivity index (χ2v) is 7.73. The van der Waals surface area contributed by atoms with Gasteiger partial charge >= 0.3 is 0 Å². The number of nitro benzene ring substituents is 1. The van der Waals surface area contributed by atoms with Crippen LogP contribution in [0.2, 0.25) is 0 Å². The Bertz CT molecular complexity index is 628. The van der Waals surface area contributed by atoms with Crippen LogP contribution in [0, 0.1) is 17.0 Å². The molecule has 0 bridgehead atoms. The zero-order valence-corrected chi connectivity index (χ0v) is 15.6. The lowest BCUT2D eigenvalue weighted by atomic mass is 9.79. The Morgan fingerprint density at radius 3 is 2.29 bits per heavy atom. The quantitative estimate of drug-likeness (QED) is 0.643. The SMILES string of the molecule is Cc1ccc(C(=O)NC2CC(C)(C)NC(C)(C)C2)cc1[N+](=O)[O-].Cl. The molecule has 0 unspecified atom stereocenters. The highest BCUT2D eigenvalue weighted by atomic mass is 35.5. The summed E-state index contributed by atoms with van der Waals surface area (Å²) < 4.78 is 0. The van der Waals surface area contributed by atoms with Crippen molar-refractivity contribution in [1.29, 1.82) is 0 Å². The van der Waals surface area contributed by atoms with Crippen LogP contribution >= 0.6 is 12.4 Å². The van der Waals surface area contributed by atoms with Gasteiger partial charge in [-0.25, -0.2) is 0 Å². The number of nitro groups is 1. The van der Waals surface area contributed by atoms with Crippen LogP contribution in [0.15, 0.2) is 18.2 Å². The molecule has 0 spiro atoms. The number of piperidine rings is 1. The maximum absolute atomic E-state index is 12.5. The summed E-state index contributed by atoms with van der Waals surface area (Å²) in [5.74, 6) is -0.258. The maximum Gasteiger partial charge on any atom is 0.273 e. The minimum atomic E-state index is -0.455. The first kappa shape index (κ1) is 20.4. The fourth-order valence-corrected chi connectivity index (χ4v) is 3.64. The molecule has 1 aromatic rings. The zero-order chi connectivity index (χ0) is 17.4. The van der Waals surface area contributed by atoms with E-state index in [2.05, 4.69) is 38.3 Å². The van der Waals surface area contributed by atoms with E-state index in [1.54, 1.807) is 19.1 Å². The Morgan fingerprint density at radius 1 is 1.25 bits per heavy atom. The Kier molecular flexibility index (Phi) is 6.00. The minimum Gasteiger partial charge on any atom is -0.349 e. The number of amides is 1. The normalized spacial score (nSPS) is 19.2. The van der Waals surface area contributed by atoms with E-state index >= 15 is 0 Å². The first-order chi connectivity index (χ1) is 10.5. The molecular formula is C17H26ClN3O3. The van der Waals surface area contributed by atoms with Gasteiger partial charge in [0.05, 0.1) is 4.92 Å². The van der Waals surface area contributed by atoms with Gasteiger partial charge in [-0.3, -0.25) is 14.9 Å². The molecule has 0 atom stereocenters. The number of hydrogen-bond donors (Lipinski definition) is 2. The third-order valence-electron chi connectivity index (χ3n) is 4.19. The number of carbonyl (C=O) groups is 1. The molecule has 24 heavy (non-hydrogen) atoms. The average Bonchev–Trinajstić information content (AvgIpc) is 2.34. The predicted molar refractivity (Wildman–Crippen MR) is 96.9 cm³/mol. The zero-order valence-electron chi connectivity index (χ0n) is 14.8. The van der Waals surface area contributed by atoms with Crippen molar-refractivity contribution in [2.24, 2.45) is 0 Å². The van der Waals surface area contributed by atoms with Gasteiger partial charge in [0.2, 0.25) is 0 Å². The smallest absolute Gasteiger partial charge is 0.273 e. The van der Waals surface area contributed by atoms with Gasteiger partial charge in [0.25, 0.3) is 11.6 Å². The van der Waals surface area contributed by atoms with Crippen LogP contribution in [0.25, 0.3) is 0 Å². The van der Waals surface area contributed by atoms with Gasteiger partial charge in [-0.05, 0) is 53.5 Å². The Balaban J connectivity index is 0.00000288. The number of benzene rings is 1. The van der Waals surface area contributed by atoms with Crippen molar-refractivity contribution in [1.82, 2.24) is 10.6 Å². The van der Waals surface area contributed by atoms with E-state index in [0.717, 1.165) is 12.8 Å². The van der Waals surface area contributed by atoms with E-state index in [-0.39, 0.29) is 41.1 Å². The standard InChI is InChI=1S/C17H25N3O3.ClH/c1-11-6-7-12(8-14(11)20(22)23)15(21)18-13-9-16(2,3)19-17(4,5)10-13;/h6-8,13,19H,9-10H2,1-5H3,(H,18,21);1H. The number of halogens is 1. The van der Waals surface area contributed by atoms with E-state index in [1.807, 2.05) is 0 Å². The van der Waals surface area contributed by atoms with Crippen molar-refractivity contribution >= 4 is 24.0 Å². The predicted octanol–water partition coefficient (Wildman–Crippen LogP) is 3.36. The topological polar surface area (TPSA) is 84.3 Å². The highest BCUT2D eigenvalue weighted by Gasteiger charge is 2.38. The molecule has 1 saturated heterocycles. The van der Waals surface area contributed by atoms with E-state index in [0.29, 0.717) is 11.1 Å². The van der Waals surface area contributed by atoms with E-state index in [1.165, 1.54) is 6.07 Å². The first-order valence-corrected chi connectivity index (χ1v) is 7.84. The molecule has 7 heteroatoms. The summed E-state index contributed by atoms with van der Waals surface area (Å²) in [6.45, 7) is 10.1. The van der Waals surface area contributed by atoms with Crippen LogP contribution in [-0.4, -0.2) is 28.0 Å². The van der Waals surface area contributed by atoms with Crippen LogP contribution in [0.4, 0.5) is 5.69 Å². The molecular weight excluding hydrogens is 330 g/mol. The first-order valence-electron chi connectivity index (χ1n) is 7.84. The van der Waals surface area contributed by atoms with Gasteiger partial charge in [0.1, 0.15) is 0 Å². The van der Waals surface area contributed by atoms with E-state index < -0.39 is 4.92 Å². The fourth-order valence-electron chi connectivity index (χ4n) is 3.64. The van der Waals surface area contributed by atoms with Crippen molar-refractivity contribution in [3.05, 3.63) is 39.4 Å². The van der Waals surface area contributed by atoms with Crippen LogP contribution in [0.3, 0.4) is 0 Å². The fraction of sp³-hybridized carbons (Fsp3) is 0.588. The molecule has 1 amide bonds. The average molecular weight is 356 g/mol. The van der Waals surface area contributed by atoms with Crippen LogP contribution in [0.1, 0.15) is 56.5 Å². The number of hydrogen-bond acceptors (Lipinski definition) is 4. The molecule has 0 aromatic heterocycles. The Morgan fingerprint density at radius 2 is 1.79 bits per heavy atom. The second kappa shape index (κ2) is 7.07. The van der Waals surface area contributed by atoms with Gasteiger partial charge in [-0.1, -0.05) is 6.07 Å². The van der Waals surface area contributed by atoms with Gasteiger partial charge in [-0.2, -0.15) is 0 Å². The number of aryl methyl sites for hydroxylation is 1. The summed E-state index contributed by atoms with van der Waals surface area (Å²) in [4.78, 5) is 23.0. The Labute approximate surface area is 149 Å². The number of nitrogens with one attached hydrogen (secondary N) is 2.